The van der Waals surface area contributed by atoms with Gasteiger partial charge in [0.2, 0.25) is 5.91 Å². The van der Waals surface area contributed by atoms with Crippen molar-refractivity contribution in [1.29, 1.82) is 0 Å². The largest absolute Gasteiger partial charge is 0.469 e. The number of aryl methyl sites for hydroxylation is 2. The molecule has 7 nitrogen and oxygen atoms in total. The molecule has 0 bridgehead atoms. The molecule has 1 saturated heterocycles. The van der Waals surface area contributed by atoms with Crippen molar-refractivity contribution >= 4 is 11.9 Å². The summed E-state index contributed by atoms with van der Waals surface area (Å²) in [5.41, 5.74) is 1.54. The van der Waals surface area contributed by atoms with Crippen LogP contribution in [-0.4, -0.2) is 54.8 Å². The van der Waals surface area contributed by atoms with E-state index in [1.807, 2.05) is 13.8 Å². The number of ether oxygens (including phenoxy) is 2. The Balaban J connectivity index is 2.11. The monoisotopic (exact) mass is 338 g/mol. The Labute approximate surface area is 142 Å². The number of rotatable bonds is 7. The normalized spacial score (nSPS) is 18.4. The summed E-state index contributed by atoms with van der Waals surface area (Å²) in [6.07, 6.45) is 2.14. The van der Waals surface area contributed by atoms with Gasteiger partial charge in [0.25, 0.3) is 0 Å². The summed E-state index contributed by atoms with van der Waals surface area (Å²) in [6.45, 7) is 7.01. The molecule has 1 amide bonds. The SMILES string of the molecule is COC(=O)CCN(CC1CCCO1)C(=O)C(C)c1c(C)noc1C. The molecule has 134 valence electrons. The highest BCUT2D eigenvalue weighted by atomic mass is 16.5. The van der Waals surface area contributed by atoms with Gasteiger partial charge >= 0.3 is 5.97 Å². The molecule has 0 aromatic carbocycles. The van der Waals surface area contributed by atoms with Gasteiger partial charge in [-0.05, 0) is 33.6 Å². The number of methoxy groups -OCH3 is 1. The highest BCUT2D eigenvalue weighted by Crippen LogP contribution is 2.26. The molecule has 24 heavy (non-hydrogen) atoms. The number of nitrogens with zero attached hydrogens (tertiary/aromatic N) is 2. The van der Waals surface area contributed by atoms with E-state index < -0.39 is 0 Å². The van der Waals surface area contributed by atoms with Crippen molar-refractivity contribution in [2.24, 2.45) is 0 Å². The van der Waals surface area contributed by atoms with Gasteiger partial charge in [0.05, 0.1) is 31.2 Å². The summed E-state index contributed by atoms with van der Waals surface area (Å²) in [4.78, 5) is 26.1. The Morgan fingerprint density at radius 2 is 2.17 bits per heavy atom. The first-order valence-corrected chi connectivity index (χ1v) is 8.34. The molecule has 1 aromatic rings. The first-order chi connectivity index (χ1) is 11.4. The maximum atomic E-state index is 13.0. The van der Waals surface area contributed by atoms with Gasteiger partial charge in [-0.25, -0.2) is 0 Å². The van der Waals surface area contributed by atoms with E-state index in [-0.39, 0.29) is 30.3 Å². The van der Waals surface area contributed by atoms with Crippen LogP contribution in [0.4, 0.5) is 0 Å². The highest BCUT2D eigenvalue weighted by molar-refractivity contribution is 5.84. The van der Waals surface area contributed by atoms with Crippen LogP contribution in [0, 0.1) is 13.8 Å². The first-order valence-electron chi connectivity index (χ1n) is 8.34. The van der Waals surface area contributed by atoms with Crippen LogP contribution >= 0.6 is 0 Å². The quantitative estimate of drug-likeness (QED) is 0.707. The minimum atomic E-state index is -0.379. The smallest absolute Gasteiger partial charge is 0.307 e. The van der Waals surface area contributed by atoms with E-state index >= 15 is 0 Å². The van der Waals surface area contributed by atoms with Gasteiger partial charge in [0.15, 0.2) is 0 Å². The lowest BCUT2D eigenvalue weighted by molar-refractivity contribution is -0.142. The first kappa shape index (κ1) is 18.4. The molecular formula is C17H26N2O5. The molecule has 0 radical (unpaired) electrons. The van der Waals surface area contributed by atoms with Crippen LogP contribution in [0.3, 0.4) is 0 Å². The Morgan fingerprint density at radius 1 is 1.42 bits per heavy atom. The molecule has 2 atom stereocenters. The fraction of sp³-hybridized carbons (Fsp3) is 0.706. The van der Waals surface area contributed by atoms with Crippen LogP contribution in [0.2, 0.25) is 0 Å². The fourth-order valence-corrected chi connectivity index (χ4v) is 3.16. The number of hydrogen-bond acceptors (Lipinski definition) is 6. The summed E-state index contributed by atoms with van der Waals surface area (Å²) < 4.78 is 15.5. The zero-order chi connectivity index (χ0) is 17.7. The fourth-order valence-electron chi connectivity index (χ4n) is 3.16. The number of esters is 1. The Kier molecular flexibility index (Phi) is 6.36. The lowest BCUT2D eigenvalue weighted by Crippen LogP contribution is -2.41. The summed E-state index contributed by atoms with van der Waals surface area (Å²) in [6, 6.07) is 0. The molecule has 2 unspecified atom stereocenters. The molecule has 0 spiro atoms. The number of carbonyl (C=O) groups is 2. The third-order valence-corrected chi connectivity index (χ3v) is 4.47. The summed E-state index contributed by atoms with van der Waals surface area (Å²) in [5, 5.41) is 3.93. The molecule has 1 aromatic heterocycles. The van der Waals surface area contributed by atoms with Gasteiger partial charge < -0.3 is 18.9 Å². The minimum absolute atomic E-state index is 0.0310. The Bertz CT molecular complexity index is 558. The van der Waals surface area contributed by atoms with Crippen molar-refractivity contribution in [2.75, 3.05) is 26.8 Å². The number of carbonyl (C=O) groups excluding carboxylic acids is 2. The van der Waals surface area contributed by atoms with Crippen LogP contribution < -0.4 is 0 Å². The molecule has 0 aliphatic carbocycles. The predicted octanol–water partition coefficient (Wildman–Crippen LogP) is 1.97. The molecule has 0 saturated carbocycles. The lowest BCUT2D eigenvalue weighted by atomic mass is 9.97. The van der Waals surface area contributed by atoms with Gasteiger partial charge in [-0.15, -0.1) is 0 Å². The zero-order valence-corrected chi connectivity index (χ0v) is 14.8. The second kappa shape index (κ2) is 8.28. The summed E-state index contributed by atoms with van der Waals surface area (Å²) in [7, 11) is 1.35. The van der Waals surface area contributed by atoms with E-state index in [0.29, 0.717) is 18.8 Å². The Hall–Kier alpha value is -1.89. The topological polar surface area (TPSA) is 81.9 Å². The predicted molar refractivity (Wildman–Crippen MR) is 86.6 cm³/mol. The van der Waals surface area contributed by atoms with Crippen LogP contribution in [0.15, 0.2) is 4.52 Å². The molecule has 1 aliphatic heterocycles. The third kappa shape index (κ3) is 4.35. The third-order valence-electron chi connectivity index (χ3n) is 4.47. The number of hydrogen-bond donors (Lipinski definition) is 0. The van der Waals surface area contributed by atoms with Crippen LogP contribution in [0.5, 0.6) is 0 Å². The summed E-state index contributed by atoms with van der Waals surface area (Å²) in [5.74, 6) is -0.109. The molecule has 2 rings (SSSR count). The number of aromatic nitrogens is 1. The molecule has 1 fully saturated rings. The van der Waals surface area contributed by atoms with Crippen molar-refractivity contribution in [3.8, 4) is 0 Å². The summed E-state index contributed by atoms with van der Waals surface area (Å²) >= 11 is 0. The van der Waals surface area contributed by atoms with E-state index in [1.165, 1.54) is 7.11 Å². The lowest BCUT2D eigenvalue weighted by Gasteiger charge is -2.28. The Morgan fingerprint density at radius 3 is 2.71 bits per heavy atom. The number of amides is 1. The van der Waals surface area contributed by atoms with E-state index in [0.717, 1.165) is 30.7 Å². The van der Waals surface area contributed by atoms with Gasteiger partial charge in [-0.3, -0.25) is 9.59 Å². The van der Waals surface area contributed by atoms with Crippen molar-refractivity contribution < 1.29 is 23.6 Å². The van der Waals surface area contributed by atoms with Crippen LogP contribution in [0.25, 0.3) is 0 Å². The van der Waals surface area contributed by atoms with Crippen LogP contribution in [0.1, 0.15) is 49.1 Å². The average molecular weight is 338 g/mol. The second-order valence-electron chi connectivity index (χ2n) is 6.20. The second-order valence-corrected chi connectivity index (χ2v) is 6.20. The maximum absolute atomic E-state index is 13.0. The van der Waals surface area contributed by atoms with E-state index in [1.54, 1.807) is 11.8 Å². The van der Waals surface area contributed by atoms with Crippen molar-refractivity contribution in [1.82, 2.24) is 10.1 Å². The molecule has 0 N–H and O–H groups in total. The van der Waals surface area contributed by atoms with Gasteiger partial charge in [-0.2, -0.15) is 0 Å². The standard InChI is InChI=1S/C17H26N2O5/c1-11(16-12(2)18-24-13(16)3)17(21)19(8-7-15(20)22-4)10-14-6-5-9-23-14/h11,14H,5-10H2,1-4H3. The van der Waals surface area contributed by atoms with Crippen molar-refractivity contribution in [3.05, 3.63) is 17.0 Å². The van der Waals surface area contributed by atoms with Crippen molar-refractivity contribution in [2.45, 2.75) is 52.1 Å². The maximum Gasteiger partial charge on any atom is 0.307 e. The van der Waals surface area contributed by atoms with Gasteiger partial charge in [0, 0.05) is 25.3 Å². The zero-order valence-electron chi connectivity index (χ0n) is 14.8. The van der Waals surface area contributed by atoms with E-state index in [4.69, 9.17) is 9.26 Å². The van der Waals surface area contributed by atoms with E-state index in [2.05, 4.69) is 9.89 Å². The molecule has 1 aliphatic rings. The van der Waals surface area contributed by atoms with Crippen molar-refractivity contribution in [3.63, 3.8) is 0 Å². The minimum Gasteiger partial charge on any atom is -0.469 e. The van der Waals surface area contributed by atoms with E-state index in [9.17, 15) is 9.59 Å². The average Bonchev–Trinajstić information content (AvgIpc) is 3.19. The highest BCUT2D eigenvalue weighted by Gasteiger charge is 2.30. The van der Waals surface area contributed by atoms with Gasteiger partial charge in [0.1, 0.15) is 5.76 Å². The molecular weight excluding hydrogens is 312 g/mol. The van der Waals surface area contributed by atoms with Gasteiger partial charge in [-0.1, -0.05) is 5.16 Å². The van der Waals surface area contributed by atoms with Crippen LogP contribution in [-0.2, 0) is 19.1 Å². The molecule has 2 heterocycles. The molecule has 7 heteroatoms.